The quantitative estimate of drug-likeness (QED) is 0.173. The third-order valence-electron chi connectivity index (χ3n) is 7.56. The Morgan fingerprint density at radius 3 is 2.09 bits per heavy atom. The van der Waals surface area contributed by atoms with Crippen molar-refractivity contribution in [3.63, 3.8) is 0 Å². The number of halogens is 4. The van der Waals surface area contributed by atoms with Crippen LogP contribution in [0.15, 0.2) is 60.5 Å². The normalized spacial score (nSPS) is 26.8. The highest BCUT2D eigenvalue weighted by molar-refractivity contribution is 5.28. The van der Waals surface area contributed by atoms with Crippen molar-refractivity contribution in [3.05, 3.63) is 71.6 Å². The summed E-state index contributed by atoms with van der Waals surface area (Å²) < 4.78 is 51.1. The number of hydrogen-bond donors (Lipinski definition) is 0. The summed E-state index contributed by atoms with van der Waals surface area (Å²) >= 11 is 0. The zero-order valence-electron chi connectivity index (χ0n) is 19.1. The average molecular weight is 460 g/mol. The van der Waals surface area contributed by atoms with E-state index in [1.807, 2.05) is 6.08 Å². The van der Waals surface area contributed by atoms with Gasteiger partial charge in [0, 0.05) is 0 Å². The van der Waals surface area contributed by atoms with E-state index >= 15 is 0 Å². The van der Waals surface area contributed by atoms with E-state index in [0.29, 0.717) is 23.7 Å². The van der Waals surface area contributed by atoms with Crippen LogP contribution in [-0.2, 0) is 6.18 Å². The Hall–Kier alpha value is -2.35. The molecule has 0 heterocycles. The maximum atomic E-state index is 12.8. The molecule has 0 saturated heterocycles. The molecule has 0 unspecified atom stereocenters. The average Bonchev–Trinajstić information content (AvgIpc) is 2.83. The van der Waals surface area contributed by atoms with Crippen molar-refractivity contribution in [2.45, 2.75) is 76.3 Å². The molecule has 2 fully saturated rings. The van der Waals surface area contributed by atoms with Crippen molar-refractivity contribution in [2.75, 3.05) is 0 Å². The molecule has 178 valence electrons. The van der Waals surface area contributed by atoms with Crippen LogP contribution in [0.2, 0.25) is 0 Å². The third-order valence-corrected chi connectivity index (χ3v) is 7.56. The van der Waals surface area contributed by atoms with E-state index in [1.54, 1.807) is 18.2 Å². The molecule has 0 spiro atoms. The molecule has 0 amide bonds. The van der Waals surface area contributed by atoms with E-state index in [2.05, 4.69) is 6.58 Å². The molecular weight excluding hydrogens is 426 g/mol. The number of nitriles is 1. The molecule has 2 aliphatic carbocycles. The zero-order valence-corrected chi connectivity index (χ0v) is 19.1. The predicted molar refractivity (Wildman–Crippen MR) is 124 cm³/mol. The first-order chi connectivity index (χ1) is 15.8. The molecule has 33 heavy (non-hydrogen) atoms. The van der Waals surface area contributed by atoms with E-state index < -0.39 is 17.6 Å². The van der Waals surface area contributed by atoms with Crippen molar-refractivity contribution in [1.29, 1.82) is 5.26 Å². The van der Waals surface area contributed by atoms with Gasteiger partial charge in [-0.15, -0.1) is 0 Å². The lowest BCUT2D eigenvalue weighted by Gasteiger charge is -2.36. The van der Waals surface area contributed by atoms with Crippen LogP contribution < -0.4 is 0 Å². The number of rotatable bonds is 7. The van der Waals surface area contributed by atoms with Crippen molar-refractivity contribution in [3.8, 4) is 6.07 Å². The first kappa shape index (κ1) is 25.3. The lowest BCUT2D eigenvalue weighted by molar-refractivity contribution is -0.137. The summed E-state index contributed by atoms with van der Waals surface area (Å²) in [5.74, 6) is 1.38. The minimum atomic E-state index is -4.28. The smallest absolute Gasteiger partial charge is 0.195 e. The van der Waals surface area contributed by atoms with Gasteiger partial charge in [-0.05, 0) is 112 Å². The summed E-state index contributed by atoms with van der Waals surface area (Å²) in [5.41, 5.74) is 1.83. The summed E-state index contributed by atoms with van der Waals surface area (Å²) in [7, 11) is 0. The molecule has 1 aromatic rings. The van der Waals surface area contributed by atoms with Crippen LogP contribution in [0.1, 0.15) is 81.3 Å². The van der Waals surface area contributed by atoms with Crippen LogP contribution in [0.3, 0.4) is 0 Å². The predicted octanol–water partition coefficient (Wildman–Crippen LogP) is 9.06. The molecule has 0 radical (unpaired) electrons. The molecule has 2 saturated carbocycles. The second-order valence-corrected chi connectivity index (χ2v) is 9.59. The van der Waals surface area contributed by atoms with Crippen LogP contribution in [-0.4, -0.2) is 0 Å². The largest absolute Gasteiger partial charge is 0.416 e. The van der Waals surface area contributed by atoms with E-state index in [-0.39, 0.29) is 0 Å². The molecule has 0 bridgehead atoms. The fourth-order valence-electron chi connectivity index (χ4n) is 5.51. The minimum Gasteiger partial charge on any atom is -0.195 e. The Bertz CT molecular complexity index is 872. The van der Waals surface area contributed by atoms with E-state index in [1.165, 1.54) is 55.5 Å². The van der Waals surface area contributed by atoms with Crippen LogP contribution in [0, 0.1) is 29.1 Å². The summed E-state index contributed by atoms with van der Waals surface area (Å²) in [6.45, 7) is 4.47. The highest BCUT2D eigenvalue weighted by Crippen LogP contribution is 2.44. The molecule has 3 rings (SSSR count). The summed E-state index contributed by atoms with van der Waals surface area (Å²) in [6, 6.07) is 7.17. The lowest BCUT2D eigenvalue weighted by atomic mass is 9.69. The van der Waals surface area contributed by atoms with Crippen LogP contribution >= 0.6 is 0 Å². The van der Waals surface area contributed by atoms with Gasteiger partial charge in [-0.1, -0.05) is 36.4 Å². The van der Waals surface area contributed by atoms with E-state index in [9.17, 15) is 17.6 Å². The molecule has 5 heteroatoms. The van der Waals surface area contributed by atoms with Gasteiger partial charge < -0.3 is 0 Å². The second kappa shape index (κ2) is 11.7. The Balaban J connectivity index is 1.39. The first-order valence-corrected chi connectivity index (χ1v) is 12.1. The van der Waals surface area contributed by atoms with Crippen molar-refractivity contribution in [2.24, 2.45) is 17.8 Å². The number of alkyl halides is 3. The summed E-state index contributed by atoms with van der Waals surface area (Å²) in [6.07, 6.45) is 11.4. The number of hydrogen-bond acceptors (Lipinski definition) is 1. The zero-order chi connectivity index (χ0) is 23.8. The molecule has 0 atom stereocenters. The Morgan fingerprint density at radius 2 is 1.55 bits per heavy atom. The molecule has 2 aliphatic rings. The fourth-order valence-corrected chi connectivity index (χ4v) is 5.51. The maximum absolute atomic E-state index is 12.8. The summed E-state index contributed by atoms with van der Waals surface area (Å²) in [4.78, 5) is 0. The van der Waals surface area contributed by atoms with Gasteiger partial charge in [0.15, 0.2) is 5.83 Å². The van der Waals surface area contributed by atoms with Crippen molar-refractivity contribution >= 4 is 0 Å². The van der Waals surface area contributed by atoms with Gasteiger partial charge in [-0.3, -0.25) is 0 Å². The molecule has 0 aliphatic heterocycles. The first-order valence-electron chi connectivity index (χ1n) is 12.1. The van der Waals surface area contributed by atoms with Crippen molar-refractivity contribution in [1.82, 2.24) is 0 Å². The van der Waals surface area contributed by atoms with Crippen LogP contribution in [0.5, 0.6) is 0 Å². The van der Waals surface area contributed by atoms with E-state index in [0.717, 1.165) is 44.1 Å². The Kier molecular flexibility index (Phi) is 8.95. The molecular formula is C28H33F4N. The van der Waals surface area contributed by atoms with Crippen molar-refractivity contribution < 1.29 is 17.6 Å². The molecule has 1 nitrogen and oxygen atoms in total. The van der Waals surface area contributed by atoms with Gasteiger partial charge in [-0.25, -0.2) is 0 Å². The van der Waals surface area contributed by atoms with Gasteiger partial charge in [0.05, 0.1) is 5.56 Å². The highest BCUT2D eigenvalue weighted by Gasteiger charge is 2.32. The molecule has 0 N–H and O–H groups in total. The number of allylic oxidation sites excluding steroid dienone is 5. The van der Waals surface area contributed by atoms with Gasteiger partial charge in [-0.2, -0.15) is 22.8 Å². The monoisotopic (exact) mass is 459 g/mol. The second-order valence-electron chi connectivity index (χ2n) is 9.59. The van der Waals surface area contributed by atoms with Gasteiger partial charge >= 0.3 is 6.18 Å². The van der Waals surface area contributed by atoms with Gasteiger partial charge in [0.1, 0.15) is 6.07 Å². The molecule has 0 aromatic heterocycles. The Morgan fingerprint density at radius 1 is 0.970 bits per heavy atom. The molecule has 1 aromatic carbocycles. The van der Waals surface area contributed by atoms with E-state index in [4.69, 9.17) is 5.26 Å². The number of nitrogens with zero attached hydrogens (tertiary/aromatic N) is 1. The van der Waals surface area contributed by atoms with Crippen LogP contribution in [0.25, 0.3) is 0 Å². The minimum absolute atomic E-state index is 0.344. The SMILES string of the molecule is C=C(C1CCC(CC/C=C/C=C(\F)C#N)CC1)C1CCC(c2ccc(C(F)(F)F)cc2)CC1. The number of benzene rings is 1. The Labute approximate surface area is 194 Å². The van der Waals surface area contributed by atoms with Gasteiger partial charge in [0.25, 0.3) is 0 Å². The lowest BCUT2D eigenvalue weighted by Crippen LogP contribution is -2.22. The standard InChI is InChI=1S/C28H33F4N/c1-20(22-9-7-21(8-10-22)5-3-2-4-6-27(29)19-33)23-11-13-24(14-12-23)25-15-17-26(18-16-25)28(30,31)32/h2,4,6,15-18,21-24H,1,3,5,7-14H2/b4-2+,27-6-. The fraction of sp³-hybridized carbons (Fsp3) is 0.536. The summed E-state index contributed by atoms with van der Waals surface area (Å²) in [5, 5.41) is 8.39. The van der Waals surface area contributed by atoms with Crippen LogP contribution in [0.4, 0.5) is 17.6 Å². The third kappa shape index (κ3) is 7.32. The topological polar surface area (TPSA) is 23.8 Å². The van der Waals surface area contributed by atoms with Gasteiger partial charge in [0.2, 0.25) is 0 Å². The maximum Gasteiger partial charge on any atom is 0.416 e. The highest BCUT2D eigenvalue weighted by atomic mass is 19.4.